The summed E-state index contributed by atoms with van der Waals surface area (Å²) in [5.41, 5.74) is 14.3. The van der Waals surface area contributed by atoms with Crippen molar-refractivity contribution in [3.8, 4) is 0 Å². The number of hydrogen-bond acceptors (Lipinski definition) is 3. The quantitative estimate of drug-likeness (QED) is 0.298. The van der Waals surface area contributed by atoms with Gasteiger partial charge in [-0.15, -0.1) is 6.58 Å². The number of nitrogen functional groups attached to an aromatic ring is 1. The highest BCUT2D eigenvalue weighted by Crippen LogP contribution is 2.23. The van der Waals surface area contributed by atoms with Gasteiger partial charge in [-0.2, -0.15) is 0 Å². The molecule has 0 aliphatic heterocycles. The summed E-state index contributed by atoms with van der Waals surface area (Å²) in [5.74, 6) is 0. The van der Waals surface area contributed by atoms with Crippen molar-refractivity contribution in [2.45, 2.75) is 33.2 Å². The SMILES string of the molecule is C=C/C(C)=C\Nc1ccc(CC(C=C)NC(=C)c2cc(C)c(N)cc2C)cc1. The standard InChI is InChI=1S/C25H31N3/c1-7-17(3)16-27-23-11-9-21(10-12-23)15-22(8-2)28-20(6)24-13-19(5)25(26)14-18(24)4/h7-14,16,22,27-28H,1-2,6,15,26H2,3-5H3/b17-16-. The van der Waals surface area contributed by atoms with Gasteiger partial charge in [0.1, 0.15) is 0 Å². The number of anilines is 2. The highest BCUT2D eigenvalue weighted by Gasteiger charge is 2.11. The predicted octanol–water partition coefficient (Wildman–Crippen LogP) is 5.74. The summed E-state index contributed by atoms with van der Waals surface area (Å²) in [6, 6.07) is 12.6. The van der Waals surface area contributed by atoms with Gasteiger partial charge in [-0.25, -0.2) is 0 Å². The average Bonchev–Trinajstić information content (AvgIpc) is 2.69. The zero-order valence-corrected chi connectivity index (χ0v) is 17.2. The number of nitrogens with one attached hydrogen (secondary N) is 2. The lowest BCUT2D eigenvalue weighted by atomic mass is 10.00. The molecular formula is C25H31N3. The van der Waals surface area contributed by atoms with Gasteiger partial charge in [-0.1, -0.05) is 37.4 Å². The third-order valence-electron chi connectivity index (χ3n) is 4.78. The normalized spacial score (nSPS) is 12.2. The highest BCUT2D eigenvalue weighted by atomic mass is 14.9. The Hall–Kier alpha value is -3.20. The Morgan fingerprint density at radius 3 is 2.39 bits per heavy atom. The van der Waals surface area contributed by atoms with Crippen LogP contribution in [0.15, 0.2) is 80.1 Å². The van der Waals surface area contributed by atoms with Gasteiger partial charge in [0.2, 0.25) is 0 Å². The summed E-state index contributed by atoms with van der Waals surface area (Å²) in [7, 11) is 0. The first-order valence-corrected chi connectivity index (χ1v) is 9.43. The minimum Gasteiger partial charge on any atom is -0.399 e. The third-order valence-corrected chi connectivity index (χ3v) is 4.78. The minimum atomic E-state index is 0.0893. The molecule has 0 heterocycles. The van der Waals surface area contributed by atoms with Crippen LogP contribution in [0.1, 0.15) is 29.2 Å². The highest BCUT2D eigenvalue weighted by molar-refractivity contribution is 5.69. The van der Waals surface area contributed by atoms with Gasteiger partial charge < -0.3 is 16.4 Å². The van der Waals surface area contributed by atoms with Crippen LogP contribution in [-0.4, -0.2) is 6.04 Å². The third kappa shape index (κ3) is 5.65. The Morgan fingerprint density at radius 1 is 1.11 bits per heavy atom. The maximum atomic E-state index is 6.00. The van der Waals surface area contributed by atoms with Crippen LogP contribution in [0.3, 0.4) is 0 Å². The second-order valence-corrected chi connectivity index (χ2v) is 7.13. The number of allylic oxidation sites excluding steroid dienone is 2. The van der Waals surface area contributed by atoms with E-state index >= 15 is 0 Å². The summed E-state index contributed by atoms with van der Waals surface area (Å²) in [4.78, 5) is 0. The van der Waals surface area contributed by atoms with Gasteiger partial charge in [0.25, 0.3) is 0 Å². The van der Waals surface area contributed by atoms with E-state index in [9.17, 15) is 0 Å². The van der Waals surface area contributed by atoms with E-state index in [1.807, 2.05) is 38.3 Å². The molecule has 0 aliphatic carbocycles. The second kappa shape index (κ2) is 9.65. The number of rotatable bonds is 9. The van der Waals surface area contributed by atoms with Gasteiger partial charge in [-0.05, 0) is 73.7 Å². The van der Waals surface area contributed by atoms with E-state index in [1.54, 1.807) is 0 Å². The van der Waals surface area contributed by atoms with E-state index in [2.05, 4.69) is 67.6 Å². The molecular weight excluding hydrogens is 342 g/mol. The molecule has 0 saturated heterocycles. The monoisotopic (exact) mass is 373 g/mol. The van der Waals surface area contributed by atoms with Crippen molar-refractivity contribution in [2.24, 2.45) is 0 Å². The van der Waals surface area contributed by atoms with Crippen LogP contribution < -0.4 is 16.4 Å². The molecule has 3 nitrogen and oxygen atoms in total. The lowest BCUT2D eigenvalue weighted by Gasteiger charge is -2.20. The molecule has 0 amide bonds. The van der Waals surface area contributed by atoms with E-state index in [1.165, 1.54) is 5.56 Å². The van der Waals surface area contributed by atoms with Crippen LogP contribution in [0.5, 0.6) is 0 Å². The summed E-state index contributed by atoms with van der Waals surface area (Å²) in [6.45, 7) is 18.0. The number of aryl methyl sites for hydroxylation is 2. The van der Waals surface area contributed by atoms with E-state index in [-0.39, 0.29) is 6.04 Å². The van der Waals surface area contributed by atoms with Crippen LogP contribution in [0.4, 0.5) is 11.4 Å². The summed E-state index contributed by atoms with van der Waals surface area (Å²) in [5, 5.41) is 6.76. The van der Waals surface area contributed by atoms with Crippen LogP contribution >= 0.6 is 0 Å². The van der Waals surface area contributed by atoms with Gasteiger partial charge >= 0.3 is 0 Å². The first kappa shape index (κ1) is 21.1. The minimum absolute atomic E-state index is 0.0893. The molecule has 0 radical (unpaired) electrons. The Morgan fingerprint density at radius 2 is 1.79 bits per heavy atom. The number of benzene rings is 2. The average molecular weight is 374 g/mol. The molecule has 2 rings (SSSR count). The van der Waals surface area contributed by atoms with Crippen molar-refractivity contribution in [1.82, 2.24) is 5.32 Å². The Kier molecular flexibility index (Phi) is 7.28. The first-order chi connectivity index (χ1) is 13.3. The number of hydrogen-bond donors (Lipinski definition) is 3. The fraction of sp³-hybridized carbons (Fsp3) is 0.200. The molecule has 2 aromatic rings. The summed E-state index contributed by atoms with van der Waals surface area (Å²) >= 11 is 0. The molecule has 0 spiro atoms. The fourth-order valence-electron chi connectivity index (χ4n) is 2.91. The van der Waals surface area contributed by atoms with E-state index in [0.717, 1.165) is 45.8 Å². The Bertz CT molecular complexity index is 889. The second-order valence-electron chi connectivity index (χ2n) is 7.13. The first-order valence-electron chi connectivity index (χ1n) is 9.43. The Labute approximate surface area is 169 Å². The van der Waals surface area contributed by atoms with Crippen molar-refractivity contribution in [3.63, 3.8) is 0 Å². The van der Waals surface area contributed by atoms with Gasteiger partial charge in [-0.3, -0.25) is 0 Å². The molecule has 0 aromatic heterocycles. The van der Waals surface area contributed by atoms with Crippen LogP contribution in [-0.2, 0) is 6.42 Å². The maximum absolute atomic E-state index is 6.00. The van der Waals surface area contributed by atoms with Gasteiger partial charge in [0.15, 0.2) is 0 Å². The molecule has 4 N–H and O–H groups in total. The molecule has 0 fully saturated rings. The van der Waals surface area contributed by atoms with Gasteiger partial charge in [0.05, 0.1) is 0 Å². The molecule has 3 heteroatoms. The zero-order chi connectivity index (χ0) is 20.7. The van der Waals surface area contributed by atoms with Crippen molar-refractivity contribution < 1.29 is 0 Å². The fourth-order valence-corrected chi connectivity index (χ4v) is 2.91. The van der Waals surface area contributed by atoms with Crippen LogP contribution in [0, 0.1) is 13.8 Å². The van der Waals surface area contributed by atoms with Crippen molar-refractivity contribution in [2.75, 3.05) is 11.1 Å². The molecule has 0 saturated carbocycles. The lowest BCUT2D eigenvalue weighted by molar-refractivity contribution is 0.710. The van der Waals surface area contributed by atoms with Crippen LogP contribution in [0.25, 0.3) is 5.70 Å². The molecule has 0 aliphatic rings. The molecule has 1 unspecified atom stereocenters. The largest absolute Gasteiger partial charge is 0.399 e. The smallest absolute Gasteiger partial charge is 0.0482 e. The van der Waals surface area contributed by atoms with Crippen molar-refractivity contribution in [1.29, 1.82) is 0 Å². The summed E-state index contributed by atoms with van der Waals surface area (Å²) in [6.07, 6.45) is 6.51. The maximum Gasteiger partial charge on any atom is 0.0482 e. The van der Waals surface area contributed by atoms with E-state index in [4.69, 9.17) is 5.73 Å². The summed E-state index contributed by atoms with van der Waals surface area (Å²) < 4.78 is 0. The van der Waals surface area contributed by atoms with Crippen molar-refractivity contribution in [3.05, 3.63) is 102 Å². The zero-order valence-electron chi connectivity index (χ0n) is 17.2. The van der Waals surface area contributed by atoms with E-state index in [0.29, 0.717) is 0 Å². The Balaban J connectivity index is 2.04. The van der Waals surface area contributed by atoms with Crippen molar-refractivity contribution >= 4 is 17.1 Å². The molecule has 146 valence electrons. The predicted molar refractivity (Wildman–Crippen MR) is 124 cm³/mol. The van der Waals surface area contributed by atoms with Crippen LogP contribution in [0.2, 0.25) is 0 Å². The van der Waals surface area contributed by atoms with E-state index < -0.39 is 0 Å². The topological polar surface area (TPSA) is 50.1 Å². The molecule has 28 heavy (non-hydrogen) atoms. The number of nitrogens with two attached hydrogens (primary N) is 1. The lowest BCUT2D eigenvalue weighted by Crippen LogP contribution is -2.27. The van der Waals surface area contributed by atoms with Gasteiger partial charge in [0, 0.05) is 34.9 Å². The molecule has 2 aromatic carbocycles. The molecule has 1 atom stereocenters. The molecule has 0 bridgehead atoms.